The van der Waals surface area contributed by atoms with Crippen LogP contribution in [-0.4, -0.2) is 56.0 Å². The van der Waals surface area contributed by atoms with Crippen molar-refractivity contribution in [2.75, 3.05) is 13.2 Å². The largest absolute Gasteiger partial charge is 0.475 e. The average Bonchev–Trinajstić information content (AvgIpc) is 3.62. The van der Waals surface area contributed by atoms with E-state index in [1.165, 1.54) is 0 Å². The van der Waals surface area contributed by atoms with E-state index >= 15 is 0 Å². The molecule has 3 aromatic heterocycles. The number of ether oxygens (including phenoxy) is 2. The molecule has 8 nitrogen and oxygen atoms in total. The summed E-state index contributed by atoms with van der Waals surface area (Å²) in [6.45, 7) is 9.30. The van der Waals surface area contributed by atoms with Crippen molar-refractivity contribution in [2.24, 2.45) is 9.98 Å². The highest BCUT2D eigenvalue weighted by Crippen LogP contribution is 2.29. The van der Waals surface area contributed by atoms with Gasteiger partial charge in [0.25, 0.3) is 0 Å². The first kappa shape index (κ1) is 27.6. The van der Waals surface area contributed by atoms with E-state index in [1.54, 1.807) is 12.4 Å². The SMILES string of the molecule is CC1(C)COC(c2ccc(-c3cc(-c4ccc(C5=NC(C)(C)CO5)cn4)nc(-c4ccc(-c5ccccc5)cc4)n3)nc2)=N1. The smallest absolute Gasteiger partial charge is 0.218 e. The van der Waals surface area contributed by atoms with E-state index in [2.05, 4.69) is 34.3 Å². The van der Waals surface area contributed by atoms with Crippen LogP contribution in [0.15, 0.2) is 107 Å². The molecule has 5 heterocycles. The van der Waals surface area contributed by atoms with Crippen molar-refractivity contribution < 1.29 is 9.47 Å². The van der Waals surface area contributed by atoms with Crippen molar-refractivity contribution in [1.29, 1.82) is 0 Å². The summed E-state index contributed by atoms with van der Waals surface area (Å²) in [7, 11) is 0. The van der Waals surface area contributed by atoms with Crippen molar-refractivity contribution in [3.8, 4) is 45.3 Å². The van der Waals surface area contributed by atoms with Gasteiger partial charge in [-0.3, -0.25) is 9.97 Å². The van der Waals surface area contributed by atoms with Crippen LogP contribution in [0.4, 0.5) is 0 Å². The lowest BCUT2D eigenvalue weighted by Crippen LogP contribution is -2.17. The van der Waals surface area contributed by atoms with E-state index in [4.69, 9.17) is 29.4 Å². The Bertz CT molecular complexity index is 1780. The Labute approximate surface area is 256 Å². The van der Waals surface area contributed by atoms with Gasteiger partial charge in [-0.15, -0.1) is 0 Å². The third-order valence-corrected chi connectivity index (χ3v) is 7.45. The van der Waals surface area contributed by atoms with Crippen LogP contribution < -0.4 is 0 Å². The molecule has 0 radical (unpaired) electrons. The number of nitrogens with zero attached hydrogens (tertiary/aromatic N) is 6. The summed E-state index contributed by atoms with van der Waals surface area (Å²) in [6.07, 6.45) is 3.56. The van der Waals surface area contributed by atoms with Crippen LogP contribution in [0.1, 0.15) is 38.8 Å². The zero-order valence-electron chi connectivity index (χ0n) is 25.2. The highest BCUT2D eigenvalue weighted by Gasteiger charge is 2.28. The summed E-state index contributed by atoms with van der Waals surface area (Å²) < 4.78 is 11.6. The summed E-state index contributed by atoms with van der Waals surface area (Å²) in [5.74, 6) is 1.81. The summed E-state index contributed by atoms with van der Waals surface area (Å²) in [6, 6.07) is 28.3. The molecule has 2 aliphatic heterocycles. The second kappa shape index (κ2) is 10.8. The van der Waals surface area contributed by atoms with Crippen LogP contribution in [0, 0.1) is 0 Å². The molecule has 2 aromatic carbocycles. The number of hydrogen-bond donors (Lipinski definition) is 0. The van der Waals surface area contributed by atoms with Gasteiger partial charge >= 0.3 is 0 Å². The van der Waals surface area contributed by atoms with Crippen LogP contribution >= 0.6 is 0 Å². The molecule has 0 unspecified atom stereocenters. The lowest BCUT2D eigenvalue weighted by atomic mass is 10.0. The van der Waals surface area contributed by atoms with Crippen LogP contribution in [-0.2, 0) is 9.47 Å². The topological polar surface area (TPSA) is 94.7 Å². The summed E-state index contributed by atoms with van der Waals surface area (Å²) in [4.78, 5) is 28.7. The molecule has 44 heavy (non-hydrogen) atoms. The monoisotopic (exact) mass is 580 g/mol. The molecule has 5 aromatic rings. The second-order valence-corrected chi connectivity index (χ2v) is 12.3. The van der Waals surface area contributed by atoms with Crippen molar-refractivity contribution in [1.82, 2.24) is 19.9 Å². The van der Waals surface area contributed by atoms with Gasteiger partial charge in [-0.05, 0) is 69.2 Å². The fraction of sp³-hybridized carbons (Fsp3) is 0.222. The number of benzene rings is 2. The van der Waals surface area contributed by atoms with Crippen LogP contribution in [0.2, 0.25) is 0 Å². The van der Waals surface area contributed by atoms with Crippen LogP contribution in [0.25, 0.3) is 45.3 Å². The van der Waals surface area contributed by atoms with E-state index in [-0.39, 0.29) is 11.1 Å². The molecule has 0 amide bonds. The molecule has 0 atom stereocenters. The Hall–Kier alpha value is -5.24. The first-order chi connectivity index (χ1) is 21.2. The standard InChI is InChI=1S/C36H32N6O2/c1-35(2)21-43-33(41-35)26-14-16-28(37-19-26)30-18-31(29-17-15-27(20-38-29)34-42-36(3,4)22-44-34)40-32(39-30)25-12-10-24(11-13-25)23-8-6-5-7-9-23/h5-20H,21-22H2,1-4H3. The molecular weight excluding hydrogens is 548 g/mol. The Kier molecular flexibility index (Phi) is 6.77. The minimum Gasteiger partial charge on any atom is -0.475 e. The third-order valence-electron chi connectivity index (χ3n) is 7.45. The number of aromatic nitrogens is 4. The van der Waals surface area contributed by atoms with E-state index in [1.807, 2.05) is 88.4 Å². The maximum absolute atomic E-state index is 5.81. The number of pyridine rings is 2. The Morgan fingerprint density at radius 1 is 0.500 bits per heavy atom. The predicted octanol–water partition coefficient (Wildman–Crippen LogP) is 7.05. The molecule has 8 heteroatoms. The summed E-state index contributed by atoms with van der Waals surface area (Å²) in [5.41, 5.74) is 7.17. The van der Waals surface area contributed by atoms with Crippen molar-refractivity contribution in [3.05, 3.63) is 108 Å². The molecule has 0 saturated heterocycles. The third kappa shape index (κ3) is 5.71. The van der Waals surface area contributed by atoms with Crippen molar-refractivity contribution >= 4 is 11.8 Å². The van der Waals surface area contributed by atoms with Gasteiger partial charge in [0, 0.05) is 18.0 Å². The highest BCUT2D eigenvalue weighted by molar-refractivity contribution is 5.96. The number of rotatable bonds is 6. The zero-order chi connectivity index (χ0) is 30.3. The minimum atomic E-state index is -0.240. The highest BCUT2D eigenvalue weighted by atomic mass is 16.5. The fourth-order valence-electron chi connectivity index (χ4n) is 5.09. The van der Waals surface area contributed by atoms with E-state index < -0.39 is 0 Å². The Balaban J connectivity index is 1.26. The maximum Gasteiger partial charge on any atom is 0.218 e. The summed E-state index contributed by atoms with van der Waals surface area (Å²) in [5, 5.41) is 0. The molecule has 0 fully saturated rings. The minimum absolute atomic E-state index is 0.240. The van der Waals surface area contributed by atoms with Crippen LogP contribution in [0.5, 0.6) is 0 Å². The normalized spacial score (nSPS) is 16.5. The molecule has 218 valence electrons. The van der Waals surface area contributed by atoms with Gasteiger partial charge in [0.2, 0.25) is 11.8 Å². The molecule has 0 saturated carbocycles. The number of hydrogen-bond acceptors (Lipinski definition) is 8. The Morgan fingerprint density at radius 2 is 0.955 bits per heavy atom. The van der Waals surface area contributed by atoms with E-state index in [0.717, 1.165) is 27.8 Å². The zero-order valence-corrected chi connectivity index (χ0v) is 25.2. The fourth-order valence-corrected chi connectivity index (χ4v) is 5.09. The number of aliphatic imine (C=N–C) groups is 2. The molecule has 0 spiro atoms. The lowest BCUT2D eigenvalue weighted by Gasteiger charge is -2.10. The quantitative estimate of drug-likeness (QED) is 0.214. The average molecular weight is 581 g/mol. The van der Waals surface area contributed by atoms with Gasteiger partial charge in [-0.25, -0.2) is 20.0 Å². The molecule has 0 N–H and O–H groups in total. The summed E-state index contributed by atoms with van der Waals surface area (Å²) >= 11 is 0. The molecular formula is C36H32N6O2. The molecule has 0 bridgehead atoms. The second-order valence-electron chi connectivity index (χ2n) is 12.3. The predicted molar refractivity (Wildman–Crippen MR) is 173 cm³/mol. The maximum atomic E-state index is 5.81. The molecule has 7 rings (SSSR count). The van der Waals surface area contributed by atoms with Crippen LogP contribution in [0.3, 0.4) is 0 Å². The van der Waals surface area contributed by atoms with Gasteiger partial charge in [0.15, 0.2) is 5.82 Å². The van der Waals surface area contributed by atoms with Gasteiger partial charge in [-0.2, -0.15) is 0 Å². The van der Waals surface area contributed by atoms with E-state index in [0.29, 0.717) is 53.6 Å². The van der Waals surface area contributed by atoms with Gasteiger partial charge < -0.3 is 9.47 Å². The molecule has 2 aliphatic rings. The van der Waals surface area contributed by atoms with Crippen molar-refractivity contribution in [2.45, 2.75) is 38.8 Å². The van der Waals surface area contributed by atoms with Crippen molar-refractivity contribution in [3.63, 3.8) is 0 Å². The van der Waals surface area contributed by atoms with Gasteiger partial charge in [0.1, 0.15) is 13.2 Å². The van der Waals surface area contributed by atoms with Gasteiger partial charge in [0.05, 0.1) is 45.0 Å². The Morgan fingerprint density at radius 3 is 1.39 bits per heavy atom. The first-order valence-electron chi connectivity index (χ1n) is 14.7. The first-order valence-corrected chi connectivity index (χ1v) is 14.7. The molecule has 0 aliphatic carbocycles. The lowest BCUT2D eigenvalue weighted by molar-refractivity contribution is 0.279. The van der Waals surface area contributed by atoms with E-state index in [9.17, 15) is 0 Å². The van der Waals surface area contributed by atoms with Gasteiger partial charge in [-0.1, -0.05) is 54.6 Å².